The number of nitrogens with one attached hydrogen (secondary N) is 1. The number of carbonyl (C=O) groups excluding carboxylic acids is 1. The van der Waals surface area contributed by atoms with Crippen molar-refractivity contribution in [3.8, 4) is 0 Å². The molecule has 23 heavy (non-hydrogen) atoms. The molecule has 0 saturated carbocycles. The van der Waals surface area contributed by atoms with Crippen molar-refractivity contribution in [1.29, 1.82) is 0 Å². The lowest BCUT2D eigenvalue weighted by Crippen LogP contribution is -2.23. The standard InChI is InChI=1S/C19H22FNOS/c1-12(2)17-7-5-6-13(3)18(17)21-19(22)14(4)23-16-10-8-15(20)9-11-16/h5-12,14H,1-4H3,(H,21,22). The largest absolute Gasteiger partial charge is 0.325 e. The SMILES string of the molecule is Cc1cccc(C(C)C)c1NC(=O)C(C)Sc1ccc(F)cc1. The molecule has 0 aliphatic rings. The number of para-hydroxylation sites is 1. The number of rotatable bonds is 5. The number of aryl methyl sites for hydroxylation is 1. The van der Waals surface area contributed by atoms with Crippen LogP contribution in [-0.4, -0.2) is 11.2 Å². The fraction of sp³-hybridized carbons (Fsp3) is 0.316. The lowest BCUT2D eigenvalue weighted by Gasteiger charge is -2.18. The smallest absolute Gasteiger partial charge is 0.237 e. The highest BCUT2D eigenvalue weighted by Gasteiger charge is 2.18. The van der Waals surface area contributed by atoms with E-state index in [2.05, 4.69) is 19.2 Å². The highest BCUT2D eigenvalue weighted by Crippen LogP contribution is 2.29. The van der Waals surface area contributed by atoms with E-state index in [1.54, 1.807) is 12.1 Å². The third-order valence-electron chi connectivity index (χ3n) is 3.67. The van der Waals surface area contributed by atoms with Crippen LogP contribution in [0.2, 0.25) is 0 Å². The molecule has 4 heteroatoms. The van der Waals surface area contributed by atoms with E-state index in [-0.39, 0.29) is 17.0 Å². The van der Waals surface area contributed by atoms with E-state index < -0.39 is 0 Å². The summed E-state index contributed by atoms with van der Waals surface area (Å²) in [6.07, 6.45) is 0. The van der Waals surface area contributed by atoms with E-state index in [1.807, 2.05) is 32.0 Å². The fourth-order valence-corrected chi connectivity index (χ4v) is 3.21. The second kappa shape index (κ2) is 7.64. The number of thioether (sulfide) groups is 1. The van der Waals surface area contributed by atoms with Crippen molar-refractivity contribution in [1.82, 2.24) is 0 Å². The van der Waals surface area contributed by atoms with E-state index in [4.69, 9.17) is 0 Å². The normalized spacial score (nSPS) is 12.3. The van der Waals surface area contributed by atoms with Crippen LogP contribution < -0.4 is 5.32 Å². The van der Waals surface area contributed by atoms with Gasteiger partial charge in [0.2, 0.25) is 5.91 Å². The van der Waals surface area contributed by atoms with Gasteiger partial charge in [0.05, 0.1) is 5.25 Å². The molecule has 0 heterocycles. The summed E-state index contributed by atoms with van der Waals surface area (Å²) < 4.78 is 12.9. The molecule has 0 fully saturated rings. The van der Waals surface area contributed by atoms with Gasteiger partial charge in [0, 0.05) is 10.6 Å². The van der Waals surface area contributed by atoms with Crippen LogP contribution in [0.4, 0.5) is 10.1 Å². The zero-order chi connectivity index (χ0) is 17.0. The van der Waals surface area contributed by atoms with Crippen LogP contribution in [0.25, 0.3) is 0 Å². The molecule has 2 aromatic rings. The van der Waals surface area contributed by atoms with Crippen molar-refractivity contribution in [3.63, 3.8) is 0 Å². The molecular weight excluding hydrogens is 309 g/mol. The summed E-state index contributed by atoms with van der Waals surface area (Å²) in [5, 5.41) is 2.79. The number of amides is 1. The number of halogens is 1. The van der Waals surface area contributed by atoms with E-state index in [9.17, 15) is 9.18 Å². The number of hydrogen-bond donors (Lipinski definition) is 1. The van der Waals surface area contributed by atoms with Gasteiger partial charge in [0.1, 0.15) is 5.82 Å². The predicted molar refractivity (Wildman–Crippen MR) is 95.6 cm³/mol. The van der Waals surface area contributed by atoms with Gasteiger partial charge in [0.15, 0.2) is 0 Å². The number of benzene rings is 2. The molecule has 0 spiro atoms. The molecule has 2 aromatic carbocycles. The minimum absolute atomic E-state index is 0.0458. The van der Waals surface area contributed by atoms with Gasteiger partial charge >= 0.3 is 0 Å². The second-order valence-corrected chi connectivity index (χ2v) is 7.31. The zero-order valence-electron chi connectivity index (χ0n) is 13.9. The van der Waals surface area contributed by atoms with Crippen molar-refractivity contribution in [2.75, 3.05) is 5.32 Å². The van der Waals surface area contributed by atoms with E-state index >= 15 is 0 Å². The van der Waals surface area contributed by atoms with Gasteiger partial charge < -0.3 is 5.32 Å². The minimum atomic E-state index is -0.270. The van der Waals surface area contributed by atoms with Gasteiger partial charge in [0.25, 0.3) is 0 Å². The zero-order valence-corrected chi connectivity index (χ0v) is 14.7. The molecule has 0 aromatic heterocycles. The molecule has 0 bridgehead atoms. The number of carbonyl (C=O) groups is 1. The number of anilines is 1. The molecule has 1 N–H and O–H groups in total. The van der Waals surface area contributed by atoms with Crippen molar-refractivity contribution in [2.24, 2.45) is 0 Å². The molecule has 2 rings (SSSR count). The highest BCUT2D eigenvalue weighted by atomic mass is 32.2. The lowest BCUT2D eigenvalue weighted by molar-refractivity contribution is -0.115. The molecule has 1 unspecified atom stereocenters. The Kier molecular flexibility index (Phi) is 5.83. The molecule has 0 aliphatic carbocycles. The van der Waals surface area contributed by atoms with Gasteiger partial charge in [-0.2, -0.15) is 0 Å². The average Bonchev–Trinajstić information content (AvgIpc) is 2.51. The average molecular weight is 331 g/mol. The first kappa shape index (κ1) is 17.5. The monoisotopic (exact) mass is 331 g/mol. The maximum atomic E-state index is 12.9. The van der Waals surface area contributed by atoms with Gasteiger partial charge in [-0.1, -0.05) is 32.0 Å². The molecule has 1 atom stereocenters. The lowest BCUT2D eigenvalue weighted by atomic mass is 9.98. The van der Waals surface area contributed by atoms with Gasteiger partial charge in [-0.15, -0.1) is 11.8 Å². The Morgan fingerprint density at radius 3 is 2.35 bits per heavy atom. The predicted octanol–water partition coefficient (Wildman–Crippen LogP) is 5.38. The summed E-state index contributed by atoms with van der Waals surface area (Å²) >= 11 is 1.42. The van der Waals surface area contributed by atoms with Crippen LogP contribution in [0.3, 0.4) is 0 Å². The third kappa shape index (κ3) is 4.58. The Morgan fingerprint density at radius 2 is 1.74 bits per heavy atom. The topological polar surface area (TPSA) is 29.1 Å². The molecule has 2 nitrogen and oxygen atoms in total. The second-order valence-electron chi connectivity index (χ2n) is 5.90. The maximum absolute atomic E-state index is 12.9. The highest BCUT2D eigenvalue weighted by molar-refractivity contribution is 8.00. The van der Waals surface area contributed by atoms with Crippen molar-refractivity contribution in [3.05, 3.63) is 59.4 Å². The first-order chi connectivity index (χ1) is 10.9. The van der Waals surface area contributed by atoms with Crippen molar-refractivity contribution < 1.29 is 9.18 Å². The fourth-order valence-electron chi connectivity index (χ4n) is 2.34. The Bertz CT molecular complexity index is 682. The minimum Gasteiger partial charge on any atom is -0.325 e. The molecular formula is C19H22FNOS. The van der Waals surface area contributed by atoms with Crippen molar-refractivity contribution >= 4 is 23.4 Å². The summed E-state index contributed by atoms with van der Waals surface area (Å²) in [5.41, 5.74) is 3.10. The van der Waals surface area contributed by atoms with E-state index in [0.717, 1.165) is 21.7 Å². The Balaban J connectivity index is 2.11. The summed E-state index contributed by atoms with van der Waals surface area (Å²) in [7, 11) is 0. The van der Waals surface area contributed by atoms with Crippen LogP contribution in [-0.2, 0) is 4.79 Å². The van der Waals surface area contributed by atoms with Crippen LogP contribution >= 0.6 is 11.8 Å². The third-order valence-corrected chi connectivity index (χ3v) is 4.78. The van der Waals surface area contributed by atoms with Gasteiger partial charge in [-0.25, -0.2) is 4.39 Å². The quantitative estimate of drug-likeness (QED) is 0.746. The summed E-state index contributed by atoms with van der Waals surface area (Å²) in [6, 6.07) is 12.3. The Labute approximate surface area is 141 Å². The first-order valence-electron chi connectivity index (χ1n) is 7.71. The maximum Gasteiger partial charge on any atom is 0.237 e. The van der Waals surface area contributed by atoms with E-state index in [1.165, 1.54) is 23.9 Å². The van der Waals surface area contributed by atoms with Gasteiger partial charge in [-0.3, -0.25) is 4.79 Å². The van der Waals surface area contributed by atoms with Crippen LogP contribution in [0.1, 0.15) is 37.8 Å². The molecule has 0 saturated heterocycles. The van der Waals surface area contributed by atoms with Crippen molar-refractivity contribution in [2.45, 2.75) is 43.8 Å². The molecule has 0 radical (unpaired) electrons. The summed E-state index contributed by atoms with van der Waals surface area (Å²) in [6.45, 7) is 8.08. The molecule has 122 valence electrons. The molecule has 1 amide bonds. The van der Waals surface area contributed by atoms with Crippen LogP contribution in [0.5, 0.6) is 0 Å². The summed E-state index contributed by atoms with van der Waals surface area (Å²) in [5.74, 6) is 0.0220. The Morgan fingerprint density at radius 1 is 1.09 bits per heavy atom. The van der Waals surface area contributed by atoms with Crippen LogP contribution in [0.15, 0.2) is 47.4 Å². The van der Waals surface area contributed by atoms with Gasteiger partial charge in [-0.05, 0) is 55.2 Å². The first-order valence-corrected chi connectivity index (χ1v) is 8.59. The number of hydrogen-bond acceptors (Lipinski definition) is 2. The molecule has 0 aliphatic heterocycles. The van der Waals surface area contributed by atoms with E-state index in [0.29, 0.717) is 5.92 Å². The summed E-state index contributed by atoms with van der Waals surface area (Å²) in [4.78, 5) is 13.4. The van der Waals surface area contributed by atoms with Crippen LogP contribution in [0, 0.1) is 12.7 Å². The Hall–Kier alpha value is -1.81.